The molecule has 9 nitrogen and oxygen atoms in total. The number of nitrogens with zero attached hydrogens (tertiary/aromatic N) is 3. The summed E-state index contributed by atoms with van der Waals surface area (Å²) < 4.78 is 7.00. The normalized spacial score (nSPS) is 12.0. The second-order valence-corrected chi connectivity index (χ2v) is 8.29. The summed E-state index contributed by atoms with van der Waals surface area (Å²) in [5.41, 5.74) is 3.32. The Kier molecular flexibility index (Phi) is 8.14. The van der Waals surface area contributed by atoms with Crippen LogP contribution in [0.5, 0.6) is 0 Å². The van der Waals surface area contributed by atoms with Gasteiger partial charge in [-0.2, -0.15) is 5.10 Å². The summed E-state index contributed by atoms with van der Waals surface area (Å²) >= 11 is 0. The largest absolute Gasteiger partial charge is 0.463 e. The van der Waals surface area contributed by atoms with Gasteiger partial charge in [-0.15, -0.1) is 0 Å². The molecule has 0 aliphatic carbocycles. The lowest BCUT2D eigenvalue weighted by molar-refractivity contribution is -0.385. The molecule has 182 valence electrons. The summed E-state index contributed by atoms with van der Waals surface area (Å²) in [4.78, 5) is 36.2. The van der Waals surface area contributed by atoms with Crippen LogP contribution in [0.1, 0.15) is 48.8 Å². The quantitative estimate of drug-likeness (QED) is 0.209. The lowest BCUT2D eigenvalue weighted by Gasteiger charge is -2.18. The second-order valence-electron chi connectivity index (χ2n) is 8.29. The van der Waals surface area contributed by atoms with Crippen molar-refractivity contribution in [2.45, 2.75) is 46.3 Å². The van der Waals surface area contributed by atoms with Gasteiger partial charge in [0.2, 0.25) is 5.91 Å². The van der Waals surface area contributed by atoms with E-state index in [9.17, 15) is 19.7 Å². The van der Waals surface area contributed by atoms with Crippen molar-refractivity contribution in [2.75, 3.05) is 0 Å². The average Bonchev–Trinajstić information content (AvgIpc) is 3.10. The topological polar surface area (TPSA) is 116 Å². The van der Waals surface area contributed by atoms with E-state index in [0.29, 0.717) is 0 Å². The van der Waals surface area contributed by atoms with Crippen molar-refractivity contribution in [1.29, 1.82) is 0 Å². The Hall–Kier alpha value is -4.27. The van der Waals surface area contributed by atoms with Crippen LogP contribution in [-0.2, 0) is 14.3 Å². The van der Waals surface area contributed by atoms with Crippen molar-refractivity contribution in [1.82, 2.24) is 15.1 Å². The standard InChI is InChI=1S/C26H28N4O5/c1-17(2)35-26(32)16-23(22-12-8-9-13-24(22)30(33)34)27-25(31)15-14-21-18(3)28-29(19(21)4)20-10-6-5-7-11-20/h5-15,17,23H,16H2,1-4H3,(H,27,31)/b15-14+. The number of aryl methyl sites for hydroxylation is 1. The van der Waals surface area contributed by atoms with Gasteiger partial charge in [-0.25, -0.2) is 4.68 Å². The molecule has 0 radical (unpaired) electrons. The zero-order chi connectivity index (χ0) is 25.5. The van der Waals surface area contributed by atoms with Crippen molar-refractivity contribution < 1.29 is 19.2 Å². The van der Waals surface area contributed by atoms with Gasteiger partial charge >= 0.3 is 5.97 Å². The fourth-order valence-electron chi connectivity index (χ4n) is 3.76. The third kappa shape index (κ3) is 6.41. The van der Waals surface area contributed by atoms with Crippen LogP contribution in [0.3, 0.4) is 0 Å². The van der Waals surface area contributed by atoms with Crippen molar-refractivity contribution in [3.05, 3.63) is 93.3 Å². The summed E-state index contributed by atoms with van der Waals surface area (Å²) in [5, 5.41) is 18.8. The van der Waals surface area contributed by atoms with Crippen LogP contribution in [0.25, 0.3) is 11.8 Å². The minimum atomic E-state index is -0.936. The van der Waals surface area contributed by atoms with Gasteiger partial charge in [0.05, 0.1) is 40.4 Å². The first kappa shape index (κ1) is 25.4. The number of aromatic nitrogens is 2. The molecule has 3 aromatic rings. The molecule has 0 aliphatic heterocycles. The number of ether oxygens (including phenoxy) is 1. The zero-order valence-electron chi connectivity index (χ0n) is 20.1. The number of nitro groups is 1. The molecule has 1 heterocycles. The molecule has 0 saturated carbocycles. The van der Waals surface area contributed by atoms with Gasteiger partial charge < -0.3 is 10.1 Å². The van der Waals surface area contributed by atoms with Crippen molar-refractivity contribution in [3.8, 4) is 5.69 Å². The maximum atomic E-state index is 12.8. The Labute approximate surface area is 203 Å². The van der Waals surface area contributed by atoms with Gasteiger partial charge in [-0.05, 0) is 45.9 Å². The van der Waals surface area contributed by atoms with E-state index in [4.69, 9.17) is 4.74 Å². The van der Waals surface area contributed by atoms with Crippen molar-refractivity contribution in [2.24, 2.45) is 0 Å². The van der Waals surface area contributed by atoms with E-state index in [1.165, 1.54) is 24.3 Å². The van der Waals surface area contributed by atoms with E-state index >= 15 is 0 Å². The fourth-order valence-corrected chi connectivity index (χ4v) is 3.76. The number of nitrogens with one attached hydrogen (secondary N) is 1. The summed E-state index contributed by atoms with van der Waals surface area (Å²) in [6, 6.07) is 14.7. The fraction of sp³-hybridized carbons (Fsp3) is 0.269. The Morgan fingerprint density at radius 1 is 1.11 bits per heavy atom. The number of para-hydroxylation sites is 2. The number of esters is 1. The number of rotatable bonds is 9. The van der Waals surface area contributed by atoms with Crippen LogP contribution in [0.15, 0.2) is 60.7 Å². The predicted molar refractivity (Wildman–Crippen MR) is 132 cm³/mol. The molecule has 0 saturated heterocycles. The van der Waals surface area contributed by atoms with E-state index in [1.54, 1.807) is 30.7 Å². The van der Waals surface area contributed by atoms with Gasteiger partial charge in [-0.3, -0.25) is 19.7 Å². The smallest absolute Gasteiger partial charge is 0.308 e. The van der Waals surface area contributed by atoms with Crippen LogP contribution in [-0.4, -0.2) is 32.7 Å². The Balaban J connectivity index is 1.85. The summed E-state index contributed by atoms with van der Waals surface area (Å²) in [6.07, 6.45) is 2.39. The highest BCUT2D eigenvalue weighted by molar-refractivity contribution is 5.92. The maximum Gasteiger partial charge on any atom is 0.308 e. The van der Waals surface area contributed by atoms with Crippen LogP contribution in [0.2, 0.25) is 0 Å². The van der Waals surface area contributed by atoms with Crippen molar-refractivity contribution in [3.63, 3.8) is 0 Å². The van der Waals surface area contributed by atoms with Crippen LogP contribution in [0.4, 0.5) is 5.69 Å². The van der Waals surface area contributed by atoms with Crippen LogP contribution in [0, 0.1) is 24.0 Å². The van der Waals surface area contributed by atoms with Gasteiger partial charge in [0.1, 0.15) is 0 Å². The highest BCUT2D eigenvalue weighted by atomic mass is 16.6. The predicted octanol–water partition coefficient (Wildman–Crippen LogP) is 4.61. The molecule has 0 fully saturated rings. The molecule has 35 heavy (non-hydrogen) atoms. The number of carbonyl (C=O) groups excluding carboxylic acids is 2. The molecule has 0 aliphatic rings. The van der Waals surface area contributed by atoms with Gasteiger partial charge in [0.25, 0.3) is 5.69 Å². The van der Waals surface area contributed by atoms with Gasteiger partial charge in [-0.1, -0.05) is 36.4 Å². The first-order valence-electron chi connectivity index (χ1n) is 11.2. The second kappa shape index (κ2) is 11.2. The monoisotopic (exact) mass is 476 g/mol. The third-order valence-electron chi connectivity index (χ3n) is 5.31. The van der Waals surface area contributed by atoms with E-state index in [0.717, 1.165) is 22.6 Å². The van der Waals surface area contributed by atoms with E-state index in [1.807, 2.05) is 44.2 Å². The molecule has 1 N–H and O–H groups in total. The molecule has 0 bridgehead atoms. The van der Waals surface area contributed by atoms with Crippen LogP contribution < -0.4 is 5.32 Å². The summed E-state index contributed by atoms with van der Waals surface area (Å²) in [7, 11) is 0. The lowest BCUT2D eigenvalue weighted by Crippen LogP contribution is -2.30. The first-order chi connectivity index (χ1) is 16.7. The number of hydrogen-bond donors (Lipinski definition) is 1. The highest BCUT2D eigenvalue weighted by Gasteiger charge is 2.26. The molecule has 0 spiro atoms. The number of hydrogen-bond acceptors (Lipinski definition) is 6. The molecule has 9 heteroatoms. The summed E-state index contributed by atoms with van der Waals surface area (Å²) in [6.45, 7) is 7.17. The first-order valence-corrected chi connectivity index (χ1v) is 11.2. The van der Waals surface area contributed by atoms with E-state index < -0.39 is 22.8 Å². The Morgan fingerprint density at radius 3 is 2.43 bits per heavy atom. The number of amides is 1. The van der Waals surface area contributed by atoms with Gasteiger partial charge in [0, 0.05) is 23.4 Å². The zero-order valence-corrected chi connectivity index (χ0v) is 20.1. The molecule has 1 amide bonds. The minimum Gasteiger partial charge on any atom is -0.463 e. The molecular weight excluding hydrogens is 448 g/mol. The number of carbonyl (C=O) groups is 2. The van der Waals surface area contributed by atoms with E-state index in [2.05, 4.69) is 10.4 Å². The molecule has 2 aromatic carbocycles. The van der Waals surface area contributed by atoms with Crippen LogP contribution >= 0.6 is 0 Å². The lowest BCUT2D eigenvalue weighted by atomic mass is 10.0. The minimum absolute atomic E-state index is 0.185. The molecule has 3 rings (SSSR count). The Bertz CT molecular complexity index is 1250. The van der Waals surface area contributed by atoms with E-state index in [-0.39, 0.29) is 23.8 Å². The SMILES string of the molecule is Cc1nn(-c2ccccc2)c(C)c1/C=C/C(=O)NC(CC(=O)OC(C)C)c1ccccc1[N+](=O)[O-]. The summed E-state index contributed by atoms with van der Waals surface area (Å²) in [5.74, 6) is -1.07. The third-order valence-corrected chi connectivity index (χ3v) is 5.31. The Morgan fingerprint density at radius 2 is 1.77 bits per heavy atom. The number of benzene rings is 2. The molecule has 1 aromatic heterocycles. The van der Waals surface area contributed by atoms with Crippen molar-refractivity contribution >= 4 is 23.6 Å². The molecule has 1 atom stereocenters. The molecular formula is C26H28N4O5. The highest BCUT2D eigenvalue weighted by Crippen LogP contribution is 2.28. The average molecular weight is 477 g/mol. The molecule has 1 unspecified atom stereocenters. The number of nitro benzene ring substituents is 1. The maximum absolute atomic E-state index is 12.8. The van der Waals surface area contributed by atoms with Gasteiger partial charge in [0.15, 0.2) is 0 Å².